The summed E-state index contributed by atoms with van der Waals surface area (Å²) >= 11 is 0. The van der Waals surface area contributed by atoms with Crippen LogP contribution in [0.4, 0.5) is 14.9 Å². The van der Waals surface area contributed by atoms with Gasteiger partial charge in [-0.05, 0) is 41.8 Å². The van der Waals surface area contributed by atoms with Gasteiger partial charge in [0.2, 0.25) is 0 Å². The zero-order chi connectivity index (χ0) is 22.0. The fourth-order valence-corrected chi connectivity index (χ4v) is 3.97. The van der Waals surface area contributed by atoms with E-state index < -0.39 is 18.7 Å². The molecule has 0 aromatic heterocycles. The van der Waals surface area contributed by atoms with Gasteiger partial charge in [-0.15, -0.1) is 0 Å². The van der Waals surface area contributed by atoms with Crippen molar-refractivity contribution >= 4 is 17.6 Å². The highest BCUT2D eigenvalue weighted by Gasteiger charge is 2.41. The van der Waals surface area contributed by atoms with Gasteiger partial charge in [-0.25, -0.2) is 14.2 Å². The summed E-state index contributed by atoms with van der Waals surface area (Å²) in [6.45, 7) is 2.33. The Hall–Kier alpha value is -3.70. The highest BCUT2D eigenvalue weighted by Crippen LogP contribution is 2.36. The van der Waals surface area contributed by atoms with Gasteiger partial charge in [0.25, 0.3) is 5.91 Å². The number of alkyl halides is 1. The molecule has 0 saturated heterocycles. The van der Waals surface area contributed by atoms with Crippen LogP contribution in [0.15, 0.2) is 59.8 Å². The summed E-state index contributed by atoms with van der Waals surface area (Å²) in [5.41, 5.74) is 6.04. The van der Waals surface area contributed by atoms with Crippen molar-refractivity contribution in [1.29, 1.82) is 5.26 Å². The van der Waals surface area contributed by atoms with Crippen LogP contribution < -0.4 is 15.6 Å². The predicted molar refractivity (Wildman–Crippen MR) is 113 cm³/mol. The van der Waals surface area contributed by atoms with Gasteiger partial charge in [-0.3, -0.25) is 15.1 Å². The third kappa shape index (κ3) is 3.88. The van der Waals surface area contributed by atoms with Crippen molar-refractivity contribution in [2.24, 2.45) is 0 Å². The molecule has 2 N–H and O–H groups in total. The summed E-state index contributed by atoms with van der Waals surface area (Å²) in [5.74, 6) is -0.296. The fraction of sp³-hybridized carbons (Fsp3) is 0.261. The van der Waals surface area contributed by atoms with E-state index in [4.69, 9.17) is 5.26 Å². The van der Waals surface area contributed by atoms with Crippen LogP contribution in [0.25, 0.3) is 0 Å². The Balaban J connectivity index is 1.84. The number of hydrogen-bond acceptors (Lipinski definition) is 4. The smallest absolute Gasteiger partial charge is 0.326 e. The molecular formula is C23H22FN5O2. The molecular weight excluding hydrogens is 397 g/mol. The zero-order valence-corrected chi connectivity index (χ0v) is 17.1. The third-order valence-corrected chi connectivity index (χ3v) is 5.38. The number of hydrazine groups is 1. The Kier molecular flexibility index (Phi) is 5.69. The molecule has 0 aliphatic carbocycles. The number of nitrogens with one attached hydrogen (secondary N) is 2. The Bertz CT molecular complexity index is 1090. The molecule has 0 unspecified atom stereocenters. The molecule has 2 aliphatic heterocycles. The van der Waals surface area contributed by atoms with Crippen LogP contribution in [0.5, 0.6) is 0 Å². The minimum absolute atomic E-state index is 0.296. The molecule has 3 amide bonds. The predicted octanol–water partition coefficient (Wildman–Crippen LogP) is 3.31. The van der Waals surface area contributed by atoms with E-state index in [1.807, 2.05) is 6.92 Å². The van der Waals surface area contributed by atoms with Crippen LogP contribution in [0, 0.1) is 11.3 Å². The molecule has 8 heteroatoms. The summed E-state index contributed by atoms with van der Waals surface area (Å²) in [4.78, 5) is 27.8. The van der Waals surface area contributed by atoms with E-state index >= 15 is 0 Å². The Morgan fingerprint density at radius 1 is 1.19 bits per heavy atom. The third-order valence-electron chi connectivity index (χ3n) is 5.38. The van der Waals surface area contributed by atoms with Crippen LogP contribution in [-0.4, -0.2) is 30.0 Å². The van der Waals surface area contributed by atoms with E-state index in [-0.39, 0.29) is 5.91 Å². The number of rotatable bonds is 5. The lowest BCUT2D eigenvalue weighted by atomic mass is 9.92. The second kappa shape index (κ2) is 8.58. The first kappa shape index (κ1) is 20.6. The second-order valence-corrected chi connectivity index (χ2v) is 7.48. The van der Waals surface area contributed by atoms with Crippen LogP contribution in [0.1, 0.15) is 36.1 Å². The number of hydrogen-bond donors (Lipinski definition) is 2. The highest BCUT2D eigenvalue weighted by atomic mass is 19.1. The zero-order valence-electron chi connectivity index (χ0n) is 17.1. The minimum Gasteiger partial charge on any atom is -0.326 e. The Morgan fingerprint density at radius 3 is 2.65 bits per heavy atom. The molecule has 0 radical (unpaired) electrons. The Labute approximate surface area is 179 Å². The summed E-state index contributed by atoms with van der Waals surface area (Å²) in [6, 6.07) is 14.5. The van der Waals surface area contributed by atoms with E-state index in [0.717, 1.165) is 6.42 Å². The van der Waals surface area contributed by atoms with Gasteiger partial charge in [-0.2, -0.15) is 5.26 Å². The SMILES string of the molecule is CCCN1CC2=C(C(=O)N1)[C@@H](c1ccc(C#N)cc1)NC(=O)N2c1cccc(CF)c1. The van der Waals surface area contributed by atoms with E-state index in [1.54, 1.807) is 53.5 Å². The summed E-state index contributed by atoms with van der Waals surface area (Å²) < 4.78 is 13.2. The largest absolute Gasteiger partial charge is 0.327 e. The van der Waals surface area contributed by atoms with Gasteiger partial charge >= 0.3 is 6.03 Å². The maximum Gasteiger partial charge on any atom is 0.327 e. The molecule has 1 atom stereocenters. The second-order valence-electron chi connectivity index (χ2n) is 7.48. The lowest BCUT2D eigenvalue weighted by Crippen LogP contribution is -2.58. The number of anilines is 1. The quantitative estimate of drug-likeness (QED) is 0.778. The molecule has 4 rings (SSSR count). The first-order chi connectivity index (χ1) is 15.0. The maximum absolute atomic E-state index is 13.2. The van der Waals surface area contributed by atoms with E-state index in [0.29, 0.717) is 46.7 Å². The normalized spacial score (nSPS) is 18.9. The number of carbonyl (C=O) groups excluding carboxylic acids is 2. The summed E-state index contributed by atoms with van der Waals surface area (Å²) in [6.07, 6.45) is 0.825. The van der Waals surface area contributed by atoms with Crippen molar-refractivity contribution in [2.45, 2.75) is 26.1 Å². The van der Waals surface area contributed by atoms with Gasteiger partial charge < -0.3 is 5.32 Å². The molecule has 2 aromatic carbocycles. The highest BCUT2D eigenvalue weighted by molar-refractivity contribution is 6.05. The molecule has 0 saturated carbocycles. The van der Waals surface area contributed by atoms with Crippen molar-refractivity contribution < 1.29 is 14.0 Å². The maximum atomic E-state index is 13.2. The number of nitriles is 1. The van der Waals surface area contributed by atoms with Gasteiger partial charge in [0.15, 0.2) is 0 Å². The molecule has 0 spiro atoms. The topological polar surface area (TPSA) is 88.5 Å². The Morgan fingerprint density at radius 2 is 1.97 bits per heavy atom. The van der Waals surface area contributed by atoms with Crippen molar-refractivity contribution in [1.82, 2.24) is 15.8 Å². The molecule has 0 fully saturated rings. The van der Waals surface area contributed by atoms with Crippen LogP contribution in [-0.2, 0) is 11.5 Å². The molecule has 31 heavy (non-hydrogen) atoms. The monoisotopic (exact) mass is 419 g/mol. The van der Waals surface area contributed by atoms with Crippen molar-refractivity contribution in [3.8, 4) is 6.07 Å². The number of benzene rings is 2. The van der Waals surface area contributed by atoms with Crippen LogP contribution >= 0.6 is 0 Å². The average molecular weight is 419 g/mol. The number of amides is 3. The van der Waals surface area contributed by atoms with Gasteiger partial charge in [0.05, 0.1) is 41.2 Å². The van der Waals surface area contributed by atoms with Crippen molar-refractivity contribution in [2.75, 3.05) is 18.0 Å². The van der Waals surface area contributed by atoms with E-state index in [1.165, 1.54) is 4.90 Å². The van der Waals surface area contributed by atoms with Gasteiger partial charge in [-0.1, -0.05) is 31.2 Å². The molecule has 0 bridgehead atoms. The minimum atomic E-state index is -0.653. The molecule has 7 nitrogen and oxygen atoms in total. The van der Waals surface area contributed by atoms with Gasteiger partial charge in [0, 0.05) is 6.54 Å². The van der Waals surface area contributed by atoms with Crippen LogP contribution in [0.3, 0.4) is 0 Å². The fourth-order valence-electron chi connectivity index (χ4n) is 3.97. The number of nitrogens with zero attached hydrogens (tertiary/aromatic N) is 3. The summed E-state index contributed by atoms with van der Waals surface area (Å²) in [5, 5.41) is 13.7. The molecule has 2 aromatic rings. The molecule has 2 heterocycles. The summed E-state index contributed by atoms with van der Waals surface area (Å²) in [7, 11) is 0. The first-order valence-corrected chi connectivity index (χ1v) is 10.1. The number of halogens is 1. The standard InChI is InChI=1S/C23H22FN5O2/c1-2-10-28-14-19-20(22(30)27-28)21(17-8-6-15(13-25)7-9-17)26-23(31)29(19)18-5-3-4-16(11-18)12-24/h3-9,11,21H,2,10,12,14H2,1H3,(H,26,31)(H,27,30)/t21-/m1/s1. The van der Waals surface area contributed by atoms with Crippen LogP contribution in [0.2, 0.25) is 0 Å². The average Bonchev–Trinajstić information content (AvgIpc) is 2.78. The molecule has 2 aliphatic rings. The van der Waals surface area contributed by atoms with Gasteiger partial charge in [0.1, 0.15) is 6.67 Å². The van der Waals surface area contributed by atoms with E-state index in [2.05, 4.69) is 16.8 Å². The first-order valence-electron chi connectivity index (χ1n) is 10.1. The van der Waals surface area contributed by atoms with Crippen molar-refractivity contribution in [3.63, 3.8) is 0 Å². The number of urea groups is 1. The van der Waals surface area contributed by atoms with Crippen molar-refractivity contribution in [3.05, 3.63) is 76.5 Å². The van der Waals surface area contributed by atoms with E-state index in [9.17, 15) is 14.0 Å². The lowest BCUT2D eigenvalue weighted by Gasteiger charge is -2.42. The number of carbonyl (C=O) groups is 2. The molecule has 158 valence electrons. The lowest BCUT2D eigenvalue weighted by molar-refractivity contribution is -0.123.